The Hall–Kier alpha value is -1.14. The van der Waals surface area contributed by atoms with Gasteiger partial charge in [-0.15, -0.1) is 0 Å². The van der Waals surface area contributed by atoms with Crippen LogP contribution in [-0.4, -0.2) is 32.6 Å². The van der Waals surface area contributed by atoms with Crippen molar-refractivity contribution in [3.63, 3.8) is 0 Å². The van der Waals surface area contributed by atoms with E-state index < -0.39 is 5.60 Å². The summed E-state index contributed by atoms with van der Waals surface area (Å²) in [5.74, 6) is 1.25. The van der Waals surface area contributed by atoms with Gasteiger partial charge in [0.2, 0.25) is 0 Å². The second-order valence-corrected chi connectivity index (χ2v) is 6.93. The second-order valence-electron chi connectivity index (χ2n) is 6.11. The summed E-state index contributed by atoms with van der Waals surface area (Å²) >= 11 is 12.4. The van der Waals surface area contributed by atoms with E-state index in [1.807, 2.05) is 6.92 Å². The highest BCUT2D eigenvalue weighted by Crippen LogP contribution is 2.27. The molecule has 126 valence electrons. The maximum absolute atomic E-state index is 10.1. The molecular formula is C16H21Cl2N3O2. The van der Waals surface area contributed by atoms with Gasteiger partial charge in [-0.25, -0.2) is 9.67 Å². The molecule has 0 amide bonds. The molecule has 1 aromatic carbocycles. The van der Waals surface area contributed by atoms with E-state index in [0.29, 0.717) is 34.7 Å². The van der Waals surface area contributed by atoms with E-state index in [4.69, 9.17) is 27.9 Å². The summed E-state index contributed by atoms with van der Waals surface area (Å²) in [6.07, 6.45) is 0.182. The van der Waals surface area contributed by atoms with Gasteiger partial charge in [0.05, 0.1) is 12.1 Å². The zero-order valence-electron chi connectivity index (χ0n) is 13.7. The third-order valence-corrected chi connectivity index (χ3v) is 4.10. The van der Waals surface area contributed by atoms with Gasteiger partial charge in [0.1, 0.15) is 6.10 Å². The minimum atomic E-state index is -0.908. The molecule has 0 fully saturated rings. The molecule has 0 bridgehead atoms. The SMILES string of the molecule is COC(C)c1nc(Cc2c(Cl)cccc2Cl)nn1CC(C)(C)O. The van der Waals surface area contributed by atoms with Gasteiger partial charge >= 0.3 is 0 Å². The minimum Gasteiger partial charge on any atom is -0.389 e. The number of rotatable bonds is 6. The van der Waals surface area contributed by atoms with E-state index in [-0.39, 0.29) is 6.10 Å². The number of aliphatic hydroxyl groups is 1. The molecule has 0 aliphatic carbocycles. The average Bonchev–Trinajstić information content (AvgIpc) is 2.83. The molecule has 23 heavy (non-hydrogen) atoms. The molecule has 0 saturated heterocycles. The lowest BCUT2D eigenvalue weighted by atomic mass is 10.1. The van der Waals surface area contributed by atoms with Crippen LogP contribution < -0.4 is 0 Å². The lowest BCUT2D eigenvalue weighted by Gasteiger charge is -2.19. The van der Waals surface area contributed by atoms with Gasteiger partial charge in [-0.3, -0.25) is 0 Å². The number of halogens is 2. The van der Waals surface area contributed by atoms with Gasteiger partial charge in [-0.2, -0.15) is 5.10 Å². The molecule has 0 saturated carbocycles. The molecule has 7 heteroatoms. The molecule has 0 aliphatic heterocycles. The van der Waals surface area contributed by atoms with Crippen molar-refractivity contribution >= 4 is 23.2 Å². The van der Waals surface area contributed by atoms with Crippen LogP contribution in [0.3, 0.4) is 0 Å². The molecule has 2 aromatic rings. The first-order chi connectivity index (χ1) is 10.7. The summed E-state index contributed by atoms with van der Waals surface area (Å²) in [5, 5.41) is 15.7. The van der Waals surface area contributed by atoms with Gasteiger partial charge in [-0.05, 0) is 38.5 Å². The van der Waals surface area contributed by atoms with Crippen LogP contribution in [0.15, 0.2) is 18.2 Å². The van der Waals surface area contributed by atoms with Crippen LogP contribution in [0.5, 0.6) is 0 Å². The minimum absolute atomic E-state index is 0.236. The van der Waals surface area contributed by atoms with Crippen LogP contribution in [0.4, 0.5) is 0 Å². The number of ether oxygens (including phenoxy) is 1. The Bertz CT molecular complexity index is 660. The highest BCUT2D eigenvalue weighted by molar-refractivity contribution is 6.36. The van der Waals surface area contributed by atoms with Crippen LogP contribution in [-0.2, 0) is 17.7 Å². The third-order valence-electron chi connectivity index (χ3n) is 3.39. The van der Waals surface area contributed by atoms with Gasteiger partial charge in [0, 0.05) is 23.6 Å². The molecule has 1 N–H and O–H groups in total. The van der Waals surface area contributed by atoms with Gasteiger partial charge in [0.25, 0.3) is 0 Å². The number of aromatic nitrogens is 3. The van der Waals surface area contributed by atoms with Gasteiger partial charge in [0.15, 0.2) is 11.6 Å². The van der Waals surface area contributed by atoms with Crippen molar-refractivity contribution in [2.45, 2.75) is 45.4 Å². The quantitative estimate of drug-likeness (QED) is 0.856. The highest BCUT2D eigenvalue weighted by Gasteiger charge is 2.22. The third kappa shape index (κ3) is 4.67. The van der Waals surface area contributed by atoms with Crippen molar-refractivity contribution in [1.29, 1.82) is 0 Å². The van der Waals surface area contributed by atoms with Crippen molar-refractivity contribution in [2.24, 2.45) is 0 Å². The topological polar surface area (TPSA) is 60.2 Å². The van der Waals surface area contributed by atoms with Crippen LogP contribution in [0.1, 0.15) is 44.1 Å². The van der Waals surface area contributed by atoms with E-state index in [0.717, 1.165) is 5.56 Å². The van der Waals surface area contributed by atoms with Crippen molar-refractivity contribution in [3.8, 4) is 0 Å². The van der Waals surface area contributed by atoms with Crippen molar-refractivity contribution < 1.29 is 9.84 Å². The Morgan fingerprint density at radius 3 is 2.43 bits per heavy atom. The Morgan fingerprint density at radius 1 is 1.30 bits per heavy atom. The van der Waals surface area contributed by atoms with Crippen molar-refractivity contribution in [2.75, 3.05) is 7.11 Å². The van der Waals surface area contributed by atoms with Crippen molar-refractivity contribution in [1.82, 2.24) is 14.8 Å². The Morgan fingerprint density at radius 2 is 1.91 bits per heavy atom. The predicted molar refractivity (Wildman–Crippen MR) is 91.0 cm³/mol. The van der Waals surface area contributed by atoms with Crippen LogP contribution in [0, 0.1) is 0 Å². The zero-order chi connectivity index (χ0) is 17.2. The Kier molecular flexibility index (Phi) is 5.68. The lowest BCUT2D eigenvalue weighted by Crippen LogP contribution is -2.28. The fourth-order valence-electron chi connectivity index (χ4n) is 2.23. The molecule has 0 spiro atoms. The zero-order valence-corrected chi connectivity index (χ0v) is 15.2. The largest absolute Gasteiger partial charge is 0.389 e. The molecule has 0 radical (unpaired) electrons. The van der Waals surface area contributed by atoms with Crippen LogP contribution >= 0.6 is 23.2 Å². The summed E-state index contributed by atoms with van der Waals surface area (Å²) in [7, 11) is 1.61. The molecule has 1 aromatic heterocycles. The molecular weight excluding hydrogens is 337 g/mol. The number of nitrogens with zero attached hydrogens (tertiary/aromatic N) is 3. The standard InChI is InChI=1S/C16H21Cl2N3O2/c1-10(23-4)15-19-14(20-21(15)9-16(2,3)22)8-11-12(17)6-5-7-13(11)18/h5-7,10,22H,8-9H2,1-4H3. The van der Waals surface area contributed by atoms with Crippen LogP contribution in [0.25, 0.3) is 0 Å². The maximum atomic E-state index is 10.1. The fourth-order valence-corrected chi connectivity index (χ4v) is 2.76. The summed E-state index contributed by atoms with van der Waals surface area (Å²) in [5.41, 5.74) is -0.122. The number of benzene rings is 1. The normalized spacial score (nSPS) is 13.3. The molecule has 0 aliphatic rings. The Balaban J connectivity index is 2.36. The molecule has 5 nitrogen and oxygen atoms in total. The van der Waals surface area contributed by atoms with E-state index in [9.17, 15) is 5.11 Å². The monoisotopic (exact) mass is 357 g/mol. The van der Waals surface area contributed by atoms with Crippen LogP contribution in [0.2, 0.25) is 10.0 Å². The summed E-state index contributed by atoms with van der Waals surface area (Å²) in [6.45, 7) is 5.65. The number of hydrogen-bond acceptors (Lipinski definition) is 4. The average molecular weight is 358 g/mol. The smallest absolute Gasteiger partial charge is 0.156 e. The first-order valence-corrected chi connectivity index (χ1v) is 8.08. The van der Waals surface area contributed by atoms with E-state index in [1.54, 1.807) is 43.8 Å². The summed E-state index contributed by atoms with van der Waals surface area (Å²) < 4.78 is 7.02. The van der Waals surface area contributed by atoms with Gasteiger partial charge in [-0.1, -0.05) is 29.3 Å². The summed E-state index contributed by atoms with van der Waals surface area (Å²) in [6, 6.07) is 5.37. The fraction of sp³-hybridized carbons (Fsp3) is 0.500. The Labute approximate surface area is 146 Å². The molecule has 1 atom stereocenters. The number of hydrogen-bond donors (Lipinski definition) is 1. The molecule has 1 unspecified atom stereocenters. The second kappa shape index (κ2) is 7.18. The lowest BCUT2D eigenvalue weighted by molar-refractivity contribution is 0.0497. The van der Waals surface area contributed by atoms with E-state index in [1.165, 1.54) is 0 Å². The van der Waals surface area contributed by atoms with E-state index in [2.05, 4.69) is 10.1 Å². The van der Waals surface area contributed by atoms with Gasteiger partial charge < -0.3 is 9.84 Å². The molecule has 2 rings (SSSR count). The first-order valence-electron chi connectivity index (χ1n) is 7.33. The molecule has 1 heterocycles. The summed E-state index contributed by atoms with van der Waals surface area (Å²) in [4.78, 5) is 4.54. The van der Waals surface area contributed by atoms with Crippen molar-refractivity contribution in [3.05, 3.63) is 45.5 Å². The number of methoxy groups -OCH3 is 1. The maximum Gasteiger partial charge on any atom is 0.156 e. The first kappa shape index (κ1) is 18.2. The predicted octanol–water partition coefficient (Wildman–Crippen LogP) is 3.65. The highest BCUT2D eigenvalue weighted by atomic mass is 35.5. The van der Waals surface area contributed by atoms with E-state index >= 15 is 0 Å².